The fraction of sp³-hybridized carbons (Fsp3) is 0.167. The van der Waals surface area contributed by atoms with E-state index >= 15 is 0 Å². The molecule has 0 saturated heterocycles. The molecule has 0 aliphatic heterocycles. The van der Waals surface area contributed by atoms with Crippen LogP contribution in [0.15, 0.2) is 53.5 Å². The second-order valence-electron chi connectivity index (χ2n) is 5.75. The third-order valence-electron chi connectivity index (χ3n) is 3.94. The average Bonchev–Trinajstić information content (AvgIpc) is 2.99. The number of thiazole rings is 1. The summed E-state index contributed by atoms with van der Waals surface area (Å²) in [4.78, 5) is 27.8. The first kappa shape index (κ1) is 19.8. The first-order valence-corrected chi connectivity index (χ1v) is 8.74. The van der Waals surface area contributed by atoms with Crippen LogP contribution in [0.2, 0.25) is 0 Å². The quantitative estimate of drug-likeness (QED) is 0.692. The monoisotopic (exact) mass is 410 g/mol. The number of carbonyl (C=O) groups is 2. The molecule has 0 fully saturated rings. The number of nitrogens with zero attached hydrogens (tertiary/aromatic N) is 2. The molecule has 1 aromatic heterocycles. The van der Waals surface area contributed by atoms with Gasteiger partial charge in [0.25, 0.3) is 5.91 Å². The minimum absolute atomic E-state index is 0.0370. The molecule has 1 amide bonds. The molecule has 3 aromatic rings. The molecule has 0 bridgehead atoms. The number of carboxylic acid groups (broad SMARTS) is 1. The Balaban J connectivity index is 2.17. The Bertz CT molecular complexity index is 1120. The molecule has 2 aromatic carbocycles. The molecular weight excluding hydrogens is 397 g/mol. The van der Waals surface area contributed by atoms with Gasteiger partial charge in [-0.15, -0.1) is 0 Å². The Morgan fingerprint density at radius 1 is 1.14 bits per heavy atom. The number of aliphatic hydroxyl groups is 1. The van der Waals surface area contributed by atoms with Gasteiger partial charge in [-0.05, 0) is 30.3 Å². The number of halogens is 3. The van der Waals surface area contributed by atoms with E-state index in [1.165, 1.54) is 10.6 Å². The van der Waals surface area contributed by atoms with Gasteiger partial charge in [-0.2, -0.15) is 18.2 Å². The third-order valence-corrected chi connectivity index (χ3v) is 4.97. The molecule has 1 heterocycles. The Labute approximate surface area is 159 Å². The standard InChI is InChI=1S/C18H13F3N2O4S/c19-18(20,21)11-5-3-4-10(8-11)15(25)22-17-23(13(9-24)16(26)27)12-6-1-2-7-14(12)28-17/h1-8,13,24H,9H2,(H,26,27)/b22-17-. The van der Waals surface area contributed by atoms with E-state index in [0.717, 1.165) is 23.5 Å². The maximum absolute atomic E-state index is 12.9. The van der Waals surface area contributed by atoms with Crippen LogP contribution in [-0.4, -0.2) is 33.3 Å². The van der Waals surface area contributed by atoms with Crippen molar-refractivity contribution in [2.75, 3.05) is 6.61 Å². The zero-order chi connectivity index (χ0) is 20.5. The van der Waals surface area contributed by atoms with Gasteiger partial charge in [0.1, 0.15) is 0 Å². The maximum Gasteiger partial charge on any atom is 0.416 e. The zero-order valence-corrected chi connectivity index (χ0v) is 14.9. The van der Waals surface area contributed by atoms with Crippen LogP contribution in [0.4, 0.5) is 13.2 Å². The number of fused-ring (bicyclic) bond motifs is 1. The predicted molar refractivity (Wildman–Crippen MR) is 94.9 cm³/mol. The van der Waals surface area contributed by atoms with Crippen molar-refractivity contribution in [3.63, 3.8) is 0 Å². The molecule has 10 heteroatoms. The molecule has 2 N–H and O–H groups in total. The number of para-hydroxylation sites is 1. The predicted octanol–water partition coefficient (Wildman–Crippen LogP) is 3.08. The van der Waals surface area contributed by atoms with Crippen LogP contribution in [-0.2, 0) is 11.0 Å². The molecule has 0 saturated carbocycles. The van der Waals surface area contributed by atoms with Crippen LogP contribution in [0, 0.1) is 0 Å². The van der Waals surface area contributed by atoms with E-state index in [1.807, 2.05) is 0 Å². The molecule has 0 aliphatic rings. The number of hydrogen-bond donors (Lipinski definition) is 2. The van der Waals surface area contributed by atoms with E-state index in [1.54, 1.807) is 24.3 Å². The minimum Gasteiger partial charge on any atom is -0.480 e. The van der Waals surface area contributed by atoms with Crippen molar-refractivity contribution >= 4 is 33.4 Å². The van der Waals surface area contributed by atoms with E-state index in [2.05, 4.69) is 4.99 Å². The topological polar surface area (TPSA) is 91.9 Å². The van der Waals surface area contributed by atoms with E-state index in [-0.39, 0.29) is 10.4 Å². The lowest BCUT2D eigenvalue weighted by molar-refractivity contribution is -0.142. The van der Waals surface area contributed by atoms with Gasteiger partial charge in [-0.3, -0.25) is 9.36 Å². The molecule has 0 radical (unpaired) electrons. The summed E-state index contributed by atoms with van der Waals surface area (Å²) in [6.07, 6.45) is -4.61. The van der Waals surface area contributed by atoms with Gasteiger partial charge in [0.15, 0.2) is 10.8 Å². The van der Waals surface area contributed by atoms with E-state index in [4.69, 9.17) is 0 Å². The van der Waals surface area contributed by atoms with Crippen LogP contribution in [0.25, 0.3) is 10.2 Å². The first-order chi connectivity index (χ1) is 13.2. The van der Waals surface area contributed by atoms with Gasteiger partial charge in [0, 0.05) is 5.56 Å². The van der Waals surface area contributed by atoms with Gasteiger partial charge in [0.2, 0.25) is 0 Å². The summed E-state index contributed by atoms with van der Waals surface area (Å²) in [6.45, 7) is -0.749. The van der Waals surface area contributed by atoms with Gasteiger partial charge in [0.05, 0.1) is 22.4 Å². The summed E-state index contributed by atoms with van der Waals surface area (Å²) in [6, 6.07) is 9.05. The number of carboxylic acids is 1. The summed E-state index contributed by atoms with van der Waals surface area (Å²) >= 11 is 0.997. The lowest BCUT2D eigenvalue weighted by atomic mass is 10.1. The highest BCUT2D eigenvalue weighted by atomic mass is 32.1. The van der Waals surface area contributed by atoms with E-state index in [0.29, 0.717) is 16.3 Å². The summed E-state index contributed by atoms with van der Waals surface area (Å²) < 4.78 is 40.4. The first-order valence-electron chi connectivity index (χ1n) is 7.92. The highest BCUT2D eigenvalue weighted by Gasteiger charge is 2.31. The Morgan fingerprint density at radius 2 is 1.86 bits per heavy atom. The number of carbonyl (C=O) groups excluding carboxylic acids is 1. The molecule has 1 unspecified atom stereocenters. The highest BCUT2D eigenvalue weighted by Crippen LogP contribution is 2.29. The van der Waals surface area contributed by atoms with Crippen LogP contribution in [0.1, 0.15) is 22.0 Å². The Morgan fingerprint density at radius 3 is 2.50 bits per heavy atom. The number of amides is 1. The zero-order valence-electron chi connectivity index (χ0n) is 14.1. The van der Waals surface area contributed by atoms with Crippen LogP contribution >= 0.6 is 11.3 Å². The van der Waals surface area contributed by atoms with Crippen LogP contribution in [0.5, 0.6) is 0 Å². The molecule has 0 spiro atoms. The van der Waals surface area contributed by atoms with Crippen molar-refractivity contribution in [3.05, 3.63) is 64.5 Å². The number of benzene rings is 2. The molecular formula is C18H13F3N2O4S. The van der Waals surface area contributed by atoms with Gasteiger partial charge >= 0.3 is 12.1 Å². The summed E-state index contributed by atoms with van der Waals surface area (Å²) in [5.41, 5.74) is -0.837. The SMILES string of the molecule is O=C(/N=c1\sc2ccccc2n1C(CO)C(=O)O)c1cccc(C(F)(F)F)c1. The van der Waals surface area contributed by atoms with E-state index in [9.17, 15) is 33.0 Å². The number of rotatable bonds is 4. The maximum atomic E-state index is 12.9. The van der Waals surface area contributed by atoms with Crippen molar-refractivity contribution < 1.29 is 33.0 Å². The summed E-state index contributed by atoms with van der Waals surface area (Å²) in [5.74, 6) is -2.28. The number of hydrogen-bond acceptors (Lipinski definition) is 4. The van der Waals surface area contributed by atoms with Crippen molar-refractivity contribution in [1.82, 2.24) is 4.57 Å². The normalized spacial score (nSPS) is 13.6. The number of aliphatic carboxylic acids is 1. The van der Waals surface area contributed by atoms with Gasteiger partial charge in [-0.25, -0.2) is 4.79 Å². The molecule has 3 rings (SSSR count). The molecule has 6 nitrogen and oxygen atoms in total. The summed E-state index contributed by atoms with van der Waals surface area (Å²) in [5, 5.41) is 18.9. The second-order valence-corrected chi connectivity index (χ2v) is 6.76. The fourth-order valence-electron chi connectivity index (χ4n) is 2.62. The van der Waals surface area contributed by atoms with Crippen molar-refractivity contribution in [1.29, 1.82) is 0 Å². The second kappa shape index (κ2) is 7.56. The largest absolute Gasteiger partial charge is 0.480 e. The van der Waals surface area contributed by atoms with E-state index < -0.39 is 36.3 Å². The average molecular weight is 410 g/mol. The number of aromatic nitrogens is 1. The Hall–Kier alpha value is -2.98. The lowest BCUT2D eigenvalue weighted by Crippen LogP contribution is -2.30. The molecule has 146 valence electrons. The molecule has 1 atom stereocenters. The smallest absolute Gasteiger partial charge is 0.416 e. The molecule has 0 aliphatic carbocycles. The summed E-state index contributed by atoms with van der Waals surface area (Å²) in [7, 11) is 0. The highest BCUT2D eigenvalue weighted by molar-refractivity contribution is 7.16. The van der Waals surface area contributed by atoms with Crippen molar-refractivity contribution in [2.45, 2.75) is 12.2 Å². The third kappa shape index (κ3) is 3.82. The van der Waals surface area contributed by atoms with Crippen LogP contribution < -0.4 is 4.80 Å². The van der Waals surface area contributed by atoms with Crippen molar-refractivity contribution in [3.8, 4) is 0 Å². The van der Waals surface area contributed by atoms with Gasteiger partial charge < -0.3 is 10.2 Å². The molecule has 28 heavy (non-hydrogen) atoms. The van der Waals surface area contributed by atoms with Crippen molar-refractivity contribution in [2.24, 2.45) is 4.99 Å². The number of aliphatic hydroxyl groups excluding tert-OH is 1. The minimum atomic E-state index is -4.61. The van der Waals surface area contributed by atoms with Gasteiger partial charge in [-0.1, -0.05) is 29.5 Å². The number of alkyl halides is 3. The Kier molecular flexibility index (Phi) is 5.34. The van der Waals surface area contributed by atoms with Crippen LogP contribution in [0.3, 0.4) is 0 Å². The lowest BCUT2D eigenvalue weighted by Gasteiger charge is -2.12. The fourth-order valence-corrected chi connectivity index (χ4v) is 3.69.